The molecule has 0 aromatic heterocycles. The Balaban J connectivity index is 3.91. The zero-order chi connectivity index (χ0) is 11.7. The Kier molecular flexibility index (Phi) is 7.68. The average Bonchev–Trinajstić information content (AvgIpc) is 2.17. The molecule has 0 aromatic rings. The van der Waals surface area contributed by atoms with Crippen molar-refractivity contribution in [1.29, 1.82) is 0 Å². The summed E-state index contributed by atoms with van der Waals surface area (Å²) in [6.07, 6.45) is 1.60. The van der Waals surface area contributed by atoms with Gasteiger partial charge in [0.05, 0.1) is 13.0 Å². The minimum atomic E-state index is -0.344. The number of hydrogen-bond acceptors (Lipinski definition) is 4. The molecule has 0 aliphatic carbocycles. The highest BCUT2D eigenvalue weighted by molar-refractivity contribution is 5.72. The highest BCUT2D eigenvalue weighted by Crippen LogP contribution is 2.07. The molecule has 0 amide bonds. The van der Waals surface area contributed by atoms with Gasteiger partial charge in [0.25, 0.3) is 0 Å². The lowest BCUT2D eigenvalue weighted by Crippen LogP contribution is -2.22. The maximum atomic E-state index is 11.2. The summed E-state index contributed by atoms with van der Waals surface area (Å²) < 4.78 is 9.90. The van der Waals surface area contributed by atoms with Crippen molar-refractivity contribution in [1.82, 2.24) is 0 Å². The van der Waals surface area contributed by atoms with Gasteiger partial charge in [-0.15, -0.1) is 0 Å². The van der Waals surface area contributed by atoms with Crippen molar-refractivity contribution in [3.05, 3.63) is 0 Å². The van der Waals surface area contributed by atoms with Gasteiger partial charge in [0.1, 0.15) is 6.10 Å². The molecule has 0 heterocycles. The third kappa shape index (κ3) is 6.94. The summed E-state index contributed by atoms with van der Waals surface area (Å²) in [5, 5.41) is 0. The molecule has 88 valence electrons. The number of carbonyl (C=O) groups is 2. The summed E-state index contributed by atoms with van der Waals surface area (Å²) in [7, 11) is 0. The van der Waals surface area contributed by atoms with E-state index in [1.807, 2.05) is 13.8 Å². The number of hydrogen-bond donors (Lipinski definition) is 0. The van der Waals surface area contributed by atoms with Crippen molar-refractivity contribution in [3.63, 3.8) is 0 Å². The average molecular weight is 216 g/mol. The Morgan fingerprint density at radius 1 is 1.13 bits per heavy atom. The fourth-order valence-corrected chi connectivity index (χ4v) is 1.12. The van der Waals surface area contributed by atoms with E-state index in [4.69, 9.17) is 9.47 Å². The second-order valence-electron chi connectivity index (χ2n) is 3.28. The van der Waals surface area contributed by atoms with E-state index < -0.39 is 0 Å². The normalized spacial score (nSPS) is 11.9. The number of esters is 2. The Hall–Kier alpha value is -1.06. The summed E-state index contributed by atoms with van der Waals surface area (Å²) in [4.78, 5) is 22.3. The van der Waals surface area contributed by atoms with E-state index in [0.29, 0.717) is 19.4 Å². The summed E-state index contributed by atoms with van der Waals surface area (Å²) in [6, 6.07) is 0. The van der Waals surface area contributed by atoms with Crippen LogP contribution >= 0.6 is 0 Å². The molecule has 0 aliphatic heterocycles. The predicted octanol–water partition coefficient (Wildman–Crippen LogP) is 2.06. The topological polar surface area (TPSA) is 52.6 Å². The largest absolute Gasteiger partial charge is 0.466 e. The van der Waals surface area contributed by atoms with Gasteiger partial charge in [0.2, 0.25) is 0 Å². The molecule has 0 saturated heterocycles. The van der Waals surface area contributed by atoms with E-state index in [1.54, 1.807) is 6.92 Å². The molecule has 4 heteroatoms. The van der Waals surface area contributed by atoms with Gasteiger partial charge in [-0.2, -0.15) is 0 Å². The Morgan fingerprint density at radius 3 is 2.27 bits per heavy atom. The molecule has 0 N–H and O–H groups in total. The lowest BCUT2D eigenvalue weighted by molar-refractivity contribution is -0.155. The molecule has 15 heavy (non-hydrogen) atoms. The molecule has 0 saturated carbocycles. The summed E-state index contributed by atoms with van der Waals surface area (Å²) >= 11 is 0. The minimum absolute atomic E-state index is 0.153. The first-order valence-electron chi connectivity index (χ1n) is 5.49. The molecular weight excluding hydrogens is 196 g/mol. The number of carbonyl (C=O) groups excluding carboxylic acids is 2. The number of rotatable bonds is 7. The van der Waals surface area contributed by atoms with Crippen LogP contribution in [-0.4, -0.2) is 24.6 Å². The van der Waals surface area contributed by atoms with Gasteiger partial charge in [-0.3, -0.25) is 9.59 Å². The third-order valence-electron chi connectivity index (χ3n) is 1.91. The van der Waals surface area contributed by atoms with Crippen molar-refractivity contribution in [2.75, 3.05) is 6.61 Å². The SMILES string of the molecule is CCCC(=O)OC(CC)CC(=O)OCC. The van der Waals surface area contributed by atoms with Crippen LogP contribution < -0.4 is 0 Å². The van der Waals surface area contributed by atoms with E-state index in [1.165, 1.54) is 0 Å². The molecule has 0 radical (unpaired) electrons. The van der Waals surface area contributed by atoms with Crippen LogP contribution in [0.15, 0.2) is 0 Å². The van der Waals surface area contributed by atoms with Crippen LogP contribution in [0.4, 0.5) is 0 Å². The Morgan fingerprint density at radius 2 is 1.80 bits per heavy atom. The fourth-order valence-electron chi connectivity index (χ4n) is 1.12. The maximum Gasteiger partial charge on any atom is 0.309 e. The van der Waals surface area contributed by atoms with Crippen LogP contribution in [-0.2, 0) is 19.1 Å². The van der Waals surface area contributed by atoms with Gasteiger partial charge < -0.3 is 9.47 Å². The first-order chi connectivity index (χ1) is 7.13. The molecule has 0 aromatic carbocycles. The standard InChI is InChI=1S/C11H20O4/c1-4-7-10(12)15-9(5-2)8-11(13)14-6-3/h9H,4-8H2,1-3H3. The molecule has 4 nitrogen and oxygen atoms in total. The maximum absolute atomic E-state index is 11.2. The van der Waals surface area contributed by atoms with Gasteiger partial charge in [-0.1, -0.05) is 13.8 Å². The van der Waals surface area contributed by atoms with E-state index in [2.05, 4.69) is 0 Å². The smallest absolute Gasteiger partial charge is 0.309 e. The summed E-state index contributed by atoms with van der Waals surface area (Å²) in [6.45, 7) is 5.90. The fraction of sp³-hybridized carbons (Fsp3) is 0.818. The van der Waals surface area contributed by atoms with Crippen LogP contribution in [0.1, 0.15) is 46.5 Å². The summed E-state index contributed by atoms with van der Waals surface area (Å²) in [5.74, 6) is -0.553. The summed E-state index contributed by atoms with van der Waals surface area (Å²) in [5.41, 5.74) is 0. The second-order valence-corrected chi connectivity index (χ2v) is 3.28. The van der Waals surface area contributed by atoms with Gasteiger partial charge in [-0.05, 0) is 19.8 Å². The first-order valence-corrected chi connectivity index (χ1v) is 5.49. The van der Waals surface area contributed by atoms with Crippen LogP contribution in [0, 0.1) is 0 Å². The van der Waals surface area contributed by atoms with Crippen molar-refractivity contribution in [2.24, 2.45) is 0 Å². The van der Waals surface area contributed by atoms with Crippen LogP contribution in [0.25, 0.3) is 0 Å². The molecular formula is C11H20O4. The minimum Gasteiger partial charge on any atom is -0.466 e. The number of ether oxygens (including phenoxy) is 2. The lowest BCUT2D eigenvalue weighted by Gasteiger charge is -2.14. The first kappa shape index (κ1) is 13.9. The van der Waals surface area contributed by atoms with Crippen molar-refractivity contribution in [2.45, 2.75) is 52.6 Å². The van der Waals surface area contributed by atoms with Gasteiger partial charge >= 0.3 is 11.9 Å². The molecule has 0 aliphatic rings. The lowest BCUT2D eigenvalue weighted by atomic mass is 10.2. The molecule has 1 unspecified atom stereocenters. The quantitative estimate of drug-likeness (QED) is 0.611. The van der Waals surface area contributed by atoms with Crippen molar-refractivity contribution < 1.29 is 19.1 Å². The van der Waals surface area contributed by atoms with E-state index in [9.17, 15) is 9.59 Å². The van der Waals surface area contributed by atoms with E-state index >= 15 is 0 Å². The van der Waals surface area contributed by atoms with Crippen molar-refractivity contribution in [3.8, 4) is 0 Å². The van der Waals surface area contributed by atoms with E-state index in [-0.39, 0.29) is 24.5 Å². The van der Waals surface area contributed by atoms with Crippen LogP contribution in [0.5, 0.6) is 0 Å². The highest BCUT2D eigenvalue weighted by Gasteiger charge is 2.16. The molecule has 1 atom stereocenters. The molecule has 0 bridgehead atoms. The predicted molar refractivity (Wildman–Crippen MR) is 56.3 cm³/mol. The molecule has 0 rings (SSSR count). The van der Waals surface area contributed by atoms with Gasteiger partial charge in [0.15, 0.2) is 0 Å². The zero-order valence-corrected chi connectivity index (χ0v) is 9.75. The van der Waals surface area contributed by atoms with E-state index in [0.717, 1.165) is 6.42 Å². The highest BCUT2D eigenvalue weighted by atomic mass is 16.6. The van der Waals surface area contributed by atoms with Crippen LogP contribution in [0.3, 0.4) is 0 Å². The monoisotopic (exact) mass is 216 g/mol. The second kappa shape index (κ2) is 8.26. The van der Waals surface area contributed by atoms with Gasteiger partial charge in [0, 0.05) is 6.42 Å². The molecule has 0 spiro atoms. The third-order valence-corrected chi connectivity index (χ3v) is 1.91. The van der Waals surface area contributed by atoms with Gasteiger partial charge in [-0.25, -0.2) is 0 Å². The Labute approximate surface area is 90.9 Å². The Bertz CT molecular complexity index is 181. The molecule has 0 fully saturated rings. The van der Waals surface area contributed by atoms with Crippen LogP contribution in [0.2, 0.25) is 0 Å². The van der Waals surface area contributed by atoms with Crippen molar-refractivity contribution >= 4 is 11.9 Å². The zero-order valence-electron chi connectivity index (χ0n) is 9.75.